The average Bonchev–Trinajstić information content (AvgIpc) is 3.26. The van der Waals surface area contributed by atoms with Crippen LogP contribution in [0.1, 0.15) is 6.42 Å². The highest BCUT2D eigenvalue weighted by atomic mass is 32.2. The van der Waals surface area contributed by atoms with Crippen molar-refractivity contribution in [1.29, 1.82) is 0 Å². The van der Waals surface area contributed by atoms with E-state index in [-0.39, 0.29) is 5.91 Å². The molecule has 0 atom stereocenters. The Morgan fingerprint density at radius 2 is 1.59 bits per heavy atom. The van der Waals surface area contributed by atoms with Crippen LogP contribution in [0.25, 0.3) is 22.8 Å². The van der Waals surface area contributed by atoms with E-state index < -0.39 is 0 Å². The number of carbonyl (C=O) groups excluding carboxylic acids is 1. The summed E-state index contributed by atoms with van der Waals surface area (Å²) >= 11 is 1.67. The molecule has 3 aromatic carbocycles. The minimum atomic E-state index is -0.0244. The van der Waals surface area contributed by atoms with Crippen LogP contribution in [-0.4, -0.2) is 26.8 Å². The van der Waals surface area contributed by atoms with Gasteiger partial charge in [-0.05, 0) is 24.3 Å². The number of nitrogens with zero attached hydrogens (tertiary/aromatic N) is 2. The van der Waals surface area contributed by atoms with Gasteiger partial charge in [0.05, 0.1) is 5.69 Å². The van der Waals surface area contributed by atoms with E-state index in [1.807, 2.05) is 84.9 Å². The highest BCUT2D eigenvalue weighted by molar-refractivity contribution is 7.99. The van der Waals surface area contributed by atoms with E-state index >= 15 is 0 Å². The number of aromatic amines is 1. The molecule has 0 aliphatic heterocycles. The van der Waals surface area contributed by atoms with Crippen molar-refractivity contribution >= 4 is 23.4 Å². The molecule has 2 N–H and O–H groups in total. The van der Waals surface area contributed by atoms with Crippen molar-refractivity contribution in [2.75, 3.05) is 11.1 Å². The van der Waals surface area contributed by atoms with Crippen molar-refractivity contribution in [2.45, 2.75) is 11.3 Å². The van der Waals surface area contributed by atoms with Crippen molar-refractivity contribution in [1.82, 2.24) is 15.2 Å². The lowest BCUT2D eigenvalue weighted by Gasteiger charge is -2.09. The lowest BCUT2D eigenvalue weighted by Crippen LogP contribution is -2.13. The third-order valence-corrected chi connectivity index (χ3v) is 5.33. The van der Waals surface area contributed by atoms with Gasteiger partial charge >= 0.3 is 0 Å². The number of rotatable bonds is 7. The predicted octanol–water partition coefficient (Wildman–Crippen LogP) is 5.26. The number of nitrogens with one attached hydrogen (secondary N) is 2. The number of anilines is 1. The first-order chi connectivity index (χ1) is 14.3. The zero-order valence-electron chi connectivity index (χ0n) is 15.7. The maximum Gasteiger partial charge on any atom is 0.225 e. The molecule has 6 heteroatoms. The number of amides is 1. The molecule has 1 heterocycles. The SMILES string of the molecule is O=C(CCSc1ccccc1)Nc1ccccc1-c1nc(-c2ccccc2)n[nH]1. The third kappa shape index (κ3) is 4.92. The second-order valence-corrected chi connectivity index (χ2v) is 7.55. The fraction of sp³-hybridized carbons (Fsp3) is 0.0870. The molecule has 0 saturated carbocycles. The molecule has 0 unspecified atom stereocenters. The number of hydrogen-bond acceptors (Lipinski definition) is 4. The van der Waals surface area contributed by atoms with Gasteiger partial charge in [0, 0.05) is 28.2 Å². The molecule has 0 radical (unpaired) electrons. The van der Waals surface area contributed by atoms with Gasteiger partial charge in [0.2, 0.25) is 5.91 Å². The fourth-order valence-electron chi connectivity index (χ4n) is 2.89. The molecule has 0 saturated heterocycles. The van der Waals surface area contributed by atoms with Gasteiger partial charge in [-0.3, -0.25) is 9.89 Å². The van der Waals surface area contributed by atoms with Gasteiger partial charge in [0.1, 0.15) is 0 Å². The van der Waals surface area contributed by atoms with Crippen LogP contribution in [0.3, 0.4) is 0 Å². The molecule has 0 aliphatic rings. The highest BCUT2D eigenvalue weighted by Crippen LogP contribution is 2.27. The van der Waals surface area contributed by atoms with Crippen LogP contribution in [0.4, 0.5) is 5.69 Å². The number of hydrogen-bond donors (Lipinski definition) is 2. The van der Waals surface area contributed by atoms with E-state index in [9.17, 15) is 4.79 Å². The number of benzene rings is 3. The van der Waals surface area contributed by atoms with Gasteiger partial charge in [-0.1, -0.05) is 60.7 Å². The normalized spacial score (nSPS) is 10.6. The molecular weight excluding hydrogens is 380 g/mol. The van der Waals surface area contributed by atoms with Crippen molar-refractivity contribution in [3.05, 3.63) is 84.9 Å². The number of thioether (sulfide) groups is 1. The first kappa shape index (κ1) is 19.0. The lowest BCUT2D eigenvalue weighted by molar-refractivity contribution is -0.115. The smallest absolute Gasteiger partial charge is 0.225 e. The Morgan fingerprint density at radius 1 is 0.897 bits per heavy atom. The Balaban J connectivity index is 1.43. The number of H-pyrrole nitrogens is 1. The van der Waals surface area contributed by atoms with E-state index in [1.165, 1.54) is 0 Å². The molecule has 0 aliphatic carbocycles. The summed E-state index contributed by atoms with van der Waals surface area (Å²) in [5.74, 6) is 1.95. The molecule has 5 nitrogen and oxygen atoms in total. The molecule has 1 aromatic heterocycles. The number of carbonyl (C=O) groups is 1. The summed E-state index contributed by atoms with van der Waals surface area (Å²) < 4.78 is 0. The van der Waals surface area contributed by atoms with Gasteiger partial charge in [0.25, 0.3) is 0 Å². The Hall–Kier alpha value is -3.38. The molecule has 29 heavy (non-hydrogen) atoms. The van der Waals surface area contributed by atoms with Crippen LogP contribution in [0.15, 0.2) is 89.8 Å². The van der Waals surface area contributed by atoms with E-state index in [4.69, 9.17) is 0 Å². The summed E-state index contributed by atoms with van der Waals surface area (Å²) in [6.45, 7) is 0. The lowest BCUT2D eigenvalue weighted by atomic mass is 10.1. The maximum atomic E-state index is 12.4. The van der Waals surface area contributed by atoms with Gasteiger partial charge in [0.15, 0.2) is 11.6 Å². The monoisotopic (exact) mass is 400 g/mol. The Morgan fingerprint density at radius 3 is 2.38 bits per heavy atom. The van der Waals surface area contributed by atoms with Gasteiger partial charge in [-0.25, -0.2) is 4.98 Å². The van der Waals surface area contributed by atoms with Crippen LogP contribution in [-0.2, 0) is 4.79 Å². The summed E-state index contributed by atoms with van der Waals surface area (Å²) in [5, 5.41) is 10.3. The Labute approximate surface area is 173 Å². The van der Waals surface area contributed by atoms with Crippen molar-refractivity contribution in [2.24, 2.45) is 0 Å². The second kappa shape index (κ2) is 9.21. The van der Waals surface area contributed by atoms with Crippen LogP contribution >= 0.6 is 11.8 Å². The quantitative estimate of drug-likeness (QED) is 0.415. The summed E-state index contributed by atoms with van der Waals surface area (Å²) in [4.78, 5) is 18.2. The van der Waals surface area contributed by atoms with Gasteiger partial charge in [-0.15, -0.1) is 11.8 Å². The third-order valence-electron chi connectivity index (χ3n) is 4.31. The number of para-hydroxylation sites is 1. The van der Waals surface area contributed by atoms with Gasteiger partial charge < -0.3 is 5.32 Å². The molecule has 4 aromatic rings. The standard InChI is InChI=1S/C23H20N4OS/c28-21(15-16-29-18-11-5-2-6-12-18)24-20-14-8-7-13-19(20)23-25-22(26-27-23)17-9-3-1-4-10-17/h1-14H,15-16H2,(H,24,28)(H,25,26,27). The summed E-state index contributed by atoms with van der Waals surface area (Å²) in [5.41, 5.74) is 2.47. The topological polar surface area (TPSA) is 70.7 Å². The Kier molecular flexibility index (Phi) is 6.02. The number of aromatic nitrogens is 3. The summed E-state index contributed by atoms with van der Waals surface area (Å²) in [7, 11) is 0. The first-order valence-corrected chi connectivity index (χ1v) is 10.3. The second-order valence-electron chi connectivity index (χ2n) is 6.38. The minimum Gasteiger partial charge on any atom is -0.325 e. The molecule has 0 bridgehead atoms. The average molecular weight is 401 g/mol. The molecule has 0 fully saturated rings. The molecule has 4 rings (SSSR count). The van der Waals surface area contributed by atoms with Crippen LogP contribution in [0.2, 0.25) is 0 Å². The van der Waals surface area contributed by atoms with E-state index in [2.05, 4.69) is 20.5 Å². The highest BCUT2D eigenvalue weighted by Gasteiger charge is 2.13. The molecule has 144 valence electrons. The van der Waals surface area contributed by atoms with Crippen molar-refractivity contribution in [3.63, 3.8) is 0 Å². The van der Waals surface area contributed by atoms with E-state index in [0.717, 1.165) is 27.5 Å². The first-order valence-electron chi connectivity index (χ1n) is 9.34. The maximum absolute atomic E-state index is 12.4. The zero-order chi connectivity index (χ0) is 19.9. The van der Waals surface area contributed by atoms with Gasteiger partial charge in [-0.2, -0.15) is 5.10 Å². The van der Waals surface area contributed by atoms with Crippen molar-refractivity contribution in [3.8, 4) is 22.8 Å². The van der Waals surface area contributed by atoms with E-state index in [1.54, 1.807) is 11.8 Å². The minimum absolute atomic E-state index is 0.0244. The van der Waals surface area contributed by atoms with Crippen LogP contribution in [0.5, 0.6) is 0 Å². The largest absolute Gasteiger partial charge is 0.325 e. The van der Waals surface area contributed by atoms with Crippen LogP contribution in [0, 0.1) is 0 Å². The van der Waals surface area contributed by atoms with Crippen molar-refractivity contribution < 1.29 is 4.79 Å². The predicted molar refractivity (Wildman–Crippen MR) is 118 cm³/mol. The Bertz CT molecular complexity index is 1080. The molecular formula is C23H20N4OS. The molecule has 0 spiro atoms. The zero-order valence-corrected chi connectivity index (χ0v) is 16.5. The van der Waals surface area contributed by atoms with E-state index in [0.29, 0.717) is 18.1 Å². The summed E-state index contributed by atoms with van der Waals surface area (Å²) in [6, 6.07) is 27.5. The fourth-order valence-corrected chi connectivity index (χ4v) is 3.76. The van der Waals surface area contributed by atoms with Crippen LogP contribution < -0.4 is 5.32 Å². The molecule has 1 amide bonds. The summed E-state index contributed by atoms with van der Waals surface area (Å²) in [6.07, 6.45) is 0.430.